The molecule has 3 rings (SSSR count). The van der Waals surface area contributed by atoms with Crippen LogP contribution in [0.2, 0.25) is 0 Å². The Labute approximate surface area is 99.8 Å². The Hall–Kier alpha value is -1.81. The van der Waals surface area contributed by atoms with Crippen molar-refractivity contribution in [1.82, 2.24) is 4.98 Å². The molecular weight excluding hydrogens is 214 g/mol. The van der Waals surface area contributed by atoms with Gasteiger partial charge in [0.05, 0.1) is 24.0 Å². The number of anilines is 1. The van der Waals surface area contributed by atoms with Crippen LogP contribution in [0.25, 0.3) is 10.9 Å². The molecule has 1 aromatic heterocycles. The van der Waals surface area contributed by atoms with Crippen LogP contribution in [-0.2, 0) is 0 Å². The molecule has 0 amide bonds. The summed E-state index contributed by atoms with van der Waals surface area (Å²) in [5, 5.41) is 1.04. The van der Waals surface area contributed by atoms with Gasteiger partial charge in [0.2, 0.25) is 0 Å². The van der Waals surface area contributed by atoms with Crippen LogP contribution in [0.3, 0.4) is 0 Å². The Balaban J connectivity index is 2.17. The fourth-order valence-electron chi connectivity index (χ4n) is 2.08. The zero-order chi connectivity index (χ0) is 11.8. The highest BCUT2D eigenvalue weighted by Gasteiger charge is 2.27. The molecule has 1 saturated carbocycles. The molecule has 0 bridgehead atoms. The van der Waals surface area contributed by atoms with E-state index < -0.39 is 0 Å². The number of hydrogen-bond acceptors (Lipinski definition) is 4. The summed E-state index contributed by atoms with van der Waals surface area (Å²) in [6.07, 6.45) is 2.42. The third kappa shape index (κ3) is 1.80. The van der Waals surface area contributed by atoms with Crippen molar-refractivity contribution in [1.29, 1.82) is 0 Å². The van der Waals surface area contributed by atoms with Gasteiger partial charge in [0.25, 0.3) is 0 Å². The van der Waals surface area contributed by atoms with Gasteiger partial charge in [-0.05, 0) is 37.1 Å². The van der Waals surface area contributed by atoms with Crippen molar-refractivity contribution in [2.75, 3.05) is 12.5 Å². The number of nitrogens with zero attached hydrogens (tertiary/aromatic N) is 1. The zero-order valence-electron chi connectivity index (χ0n) is 9.73. The molecule has 0 radical (unpaired) electrons. The largest absolute Gasteiger partial charge is 0.497 e. The highest BCUT2D eigenvalue weighted by Crippen LogP contribution is 2.43. The molecule has 2 aromatic rings. The van der Waals surface area contributed by atoms with Gasteiger partial charge >= 0.3 is 0 Å². The lowest BCUT2D eigenvalue weighted by molar-refractivity contribution is 0.415. The second-order valence-corrected chi connectivity index (χ2v) is 4.40. The van der Waals surface area contributed by atoms with Crippen LogP contribution in [-0.4, -0.2) is 12.1 Å². The van der Waals surface area contributed by atoms with Crippen molar-refractivity contribution in [3.8, 4) is 5.75 Å². The monoisotopic (exact) mass is 229 g/mol. The molecule has 4 heteroatoms. The third-order valence-electron chi connectivity index (χ3n) is 3.17. The highest BCUT2D eigenvalue weighted by molar-refractivity contribution is 5.84. The SMILES string of the molecule is COc1ccc2nc(C3CC3)c(NN)cc2c1. The molecule has 1 fully saturated rings. The maximum atomic E-state index is 5.56. The standard InChI is InChI=1S/C13H15N3O/c1-17-10-4-5-11-9(6-10)7-12(16-14)13(15-11)8-2-3-8/h4-8,16H,2-3,14H2,1H3. The number of hydrazine groups is 1. The molecule has 17 heavy (non-hydrogen) atoms. The Bertz CT molecular complexity index is 564. The van der Waals surface area contributed by atoms with Crippen molar-refractivity contribution in [3.63, 3.8) is 0 Å². The van der Waals surface area contributed by atoms with Gasteiger partial charge in [0.1, 0.15) is 5.75 Å². The summed E-state index contributed by atoms with van der Waals surface area (Å²) < 4.78 is 5.21. The molecule has 1 heterocycles. The Morgan fingerprint density at radius 2 is 2.18 bits per heavy atom. The van der Waals surface area contributed by atoms with Gasteiger partial charge < -0.3 is 10.2 Å². The highest BCUT2D eigenvalue weighted by atomic mass is 16.5. The topological polar surface area (TPSA) is 60.2 Å². The van der Waals surface area contributed by atoms with Crippen molar-refractivity contribution in [3.05, 3.63) is 30.0 Å². The first kappa shape index (κ1) is 10.4. The van der Waals surface area contributed by atoms with Crippen LogP contribution in [0.1, 0.15) is 24.5 Å². The lowest BCUT2D eigenvalue weighted by Crippen LogP contribution is -2.10. The average Bonchev–Trinajstić information content (AvgIpc) is 3.20. The van der Waals surface area contributed by atoms with E-state index in [2.05, 4.69) is 10.4 Å². The van der Waals surface area contributed by atoms with Crippen molar-refractivity contribution in [2.24, 2.45) is 5.84 Å². The number of pyridine rings is 1. The number of nitrogens with two attached hydrogens (primary N) is 1. The number of hydrogen-bond donors (Lipinski definition) is 2. The Kier molecular flexibility index (Phi) is 2.37. The van der Waals surface area contributed by atoms with Gasteiger partial charge in [-0.25, -0.2) is 0 Å². The fraction of sp³-hybridized carbons (Fsp3) is 0.308. The quantitative estimate of drug-likeness (QED) is 0.626. The molecule has 0 aliphatic heterocycles. The summed E-state index contributed by atoms with van der Waals surface area (Å²) in [5.74, 6) is 6.97. The first-order valence-corrected chi connectivity index (χ1v) is 5.77. The van der Waals surface area contributed by atoms with Crippen LogP contribution in [0.5, 0.6) is 5.75 Å². The van der Waals surface area contributed by atoms with Crippen LogP contribution >= 0.6 is 0 Å². The first-order valence-electron chi connectivity index (χ1n) is 5.77. The van der Waals surface area contributed by atoms with Crippen LogP contribution in [0.4, 0.5) is 5.69 Å². The zero-order valence-corrected chi connectivity index (χ0v) is 9.73. The minimum Gasteiger partial charge on any atom is -0.497 e. The molecule has 4 nitrogen and oxygen atoms in total. The number of rotatable bonds is 3. The molecule has 1 aliphatic rings. The summed E-state index contributed by atoms with van der Waals surface area (Å²) in [5.41, 5.74) is 5.75. The summed E-state index contributed by atoms with van der Waals surface area (Å²) >= 11 is 0. The van der Waals surface area contributed by atoms with Crippen molar-refractivity contribution >= 4 is 16.6 Å². The van der Waals surface area contributed by atoms with Crippen LogP contribution in [0, 0.1) is 0 Å². The molecular formula is C13H15N3O. The van der Waals surface area contributed by atoms with Gasteiger partial charge in [0, 0.05) is 11.3 Å². The summed E-state index contributed by atoms with van der Waals surface area (Å²) in [6, 6.07) is 7.93. The van der Waals surface area contributed by atoms with Gasteiger partial charge in [-0.3, -0.25) is 10.8 Å². The predicted molar refractivity (Wildman–Crippen MR) is 68.1 cm³/mol. The van der Waals surface area contributed by atoms with Crippen molar-refractivity contribution < 1.29 is 4.74 Å². The molecule has 0 unspecified atom stereocenters. The molecule has 88 valence electrons. The average molecular weight is 229 g/mol. The summed E-state index contributed by atoms with van der Waals surface area (Å²) in [6.45, 7) is 0. The van der Waals surface area contributed by atoms with E-state index in [1.54, 1.807) is 7.11 Å². The van der Waals surface area contributed by atoms with E-state index in [9.17, 15) is 0 Å². The number of methoxy groups -OCH3 is 1. The van der Waals surface area contributed by atoms with E-state index in [4.69, 9.17) is 10.6 Å². The lowest BCUT2D eigenvalue weighted by Gasteiger charge is -2.10. The minimum absolute atomic E-state index is 0.576. The normalized spacial score (nSPS) is 14.9. The van der Waals surface area contributed by atoms with Crippen molar-refractivity contribution in [2.45, 2.75) is 18.8 Å². The maximum Gasteiger partial charge on any atom is 0.119 e. The second-order valence-electron chi connectivity index (χ2n) is 4.40. The lowest BCUT2D eigenvalue weighted by atomic mass is 10.1. The third-order valence-corrected chi connectivity index (χ3v) is 3.17. The molecule has 0 atom stereocenters. The first-order chi connectivity index (χ1) is 8.31. The maximum absolute atomic E-state index is 5.56. The number of fused-ring (bicyclic) bond motifs is 1. The number of nitrogens with one attached hydrogen (secondary N) is 1. The molecule has 0 saturated heterocycles. The number of nitrogen functional groups attached to an aromatic ring is 1. The van der Waals surface area contributed by atoms with E-state index in [1.807, 2.05) is 24.3 Å². The van der Waals surface area contributed by atoms with Crippen LogP contribution < -0.4 is 16.0 Å². The van der Waals surface area contributed by atoms with E-state index in [0.717, 1.165) is 28.0 Å². The molecule has 3 N–H and O–H groups in total. The molecule has 0 spiro atoms. The smallest absolute Gasteiger partial charge is 0.119 e. The number of aromatic nitrogens is 1. The Morgan fingerprint density at radius 1 is 1.35 bits per heavy atom. The van der Waals surface area contributed by atoms with E-state index in [1.165, 1.54) is 12.8 Å². The molecule has 1 aromatic carbocycles. The molecule has 1 aliphatic carbocycles. The predicted octanol–water partition coefficient (Wildman–Crippen LogP) is 2.41. The minimum atomic E-state index is 0.576. The fourth-order valence-corrected chi connectivity index (χ4v) is 2.08. The number of benzene rings is 1. The van der Waals surface area contributed by atoms with Gasteiger partial charge in [-0.15, -0.1) is 0 Å². The van der Waals surface area contributed by atoms with Gasteiger partial charge in [-0.2, -0.15) is 0 Å². The van der Waals surface area contributed by atoms with E-state index in [0.29, 0.717) is 5.92 Å². The van der Waals surface area contributed by atoms with E-state index in [-0.39, 0.29) is 0 Å². The van der Waals surface area contributed by atoms with E-state index >= 15 is 0 Å². The van der Waals surface area contributed by atoms with Crippen LogP contribution in [0.15, 0.2) is 24.3 Å². The second kappa shape index (κ2) is 3.89. The number of ether oxygens (including phenoxy) is 1. The Morgan fingerprint density at radius 3 is 2.82 bits per heavy atom. The summed E-state index contributed by atoms with van der Waals surface area (Å²) in [7, 11) is 1.66. The van der Waals surface area contributed by atoms with Gasteiger partial charge in [-0.1, -0.05) is 0 Å². The summed E-state index contributed by atoms with van der Waals surface area (Å²) in [4.78, 5) is 4.69. The van der Waals surface area contributed by atoms with Gasteiger partial charge in [0.15, 0.2) is 0 Å².